The van der Waals surface area contributed by atoms with Gasteiger partial charge < -0.3 is 9.47 Å². The summed E-state index contributed by atoms with van der Waals surface area (Å²) in [5.74, 6) is -0.680. The van der Waals surface area contributed by atoms with E-state index in [0.717, 1.165) is 0 Å². The Labute approximate surface area is 97.3 Å². The smallest absolute Gasteiger partial charge is 0.294 e. The van der Waals surface area contributed by atoms with Crippen LogP contribution in [-0.4, -0.2) is 30.7 Å². The van der Waals surface area contributed by atoms with Crippen molar-refractivity contribution >= 4 is 18.0 Å². The van der Waals surface area contributed by atoms with Crippen molar-refractivity contribution in [2.75, 3.05) is 6.61 Å². The molecule has 1 unspecified atom stereocenters. The zero-order valence-electron chi connectivity index (χ0n) is 9.14. The minimum atomic E-state index is -1.36. The first-order valence-electron chi connectivity index (χ1n) is 5.14. The second-order valence-corrected chi connectivity index (χ2v) is 3.45. The molecule has 0 N–H and O–H groups in total. The van der Waals surface area contributed by atoms with Crippen LogP contribution in [0.4, 0.5) is 0 Å². The maximum Gasteiger partial charge on any atom is 0.294 e. The van der Waals surface area contributed by atoms with Crippen LogP contribution in [-0.2, 0) is 9.53 Å². The molecule has 0 amide bonds. The molecular weight excluding hydrogens is 224 g/mol. The van der Waals surface area contributed by atoms with E-state index in [0.29, 0.717) is 12.4 Å². The molecular formula is C12H10O5. The fourth-order valence-electron chi connectivity index (χ4n) is 1.84. The Hall–Kier alpha value is -2.17. The number of carbonyl (C=O) groups is 3. The highest BCUT2D eigenvalue weighted by atomic mass is 16.5. The van der Waals surface area contributed by atoms with E-state index in [1.54, 1.807) is 19.1 Å². The maximum atomic E-state index is 11.9. The molecule has 5 nitrogen and oxygen atoms in total. The molecule has 0 aromatic heterocycles. The Balaban J connectivity index is 2.49. The monoisotopic (exact) mass is 234 g/mol. The SMILES string of the molecule is CCOc1cccc2c1C(=O)C(OC=O)C2=O. The van der Waals surface area contributed by atoms with Crippen LogP contribution in [0, 0.1) is 0 Å². The molecule has 0 fully saturated rings. The van der Waals surface area contributed by atoms with E-state index >= 15 is 0 Å². The molecule has 1 atom stereocenters. The van der Waals surface area contributed by atoms with Gasteiger partial charge in [0.05, 0.1) is 12.2 Å². The molecule has 0 saturated carbocycles. The lowest BCUT2D eigenvalue weighted by atomic mass is 10.1. The molecule has 1 aromatic carbocycles. The second-order valence-electron chi connectivity index (χ2n) is 3.45. The van der Waals surface area contributed by atoms with Gasteiger partial charge in [-0.15, -0.1) is 0 Å². The van der Waals surface area contributed by atoms with E-state index in [9.17, 15) is 14.4 Å². The van der Waals surface area contributed by atoms with Gasteiger partial charge in [0.15, 0.2) is 0 Å². The van der Waals surface area contributed by atoms with Gasteiger partial charge in [0, 0.05) is 5.56 Å². The molecule has 17 heavy (non-hydrogen) atoms. The topological polar surface area (TPSA) is 69.7 Å². The highest BCUT2D eigenvalue weighted by Gasteiger charge is 2.42. The van der Waals surface area contributed by atoms with Crippen molar-refractivity contribution in [1.82, 2.24) is 0 Å². The van der Waals surface area contributed by atoms with Crippen LogP contribution in [0.3, 0.4) is 0 Å². The van der Waals surface area contributed by atoms with E-state index in [-0.39, 0.29) is 17.6 Å². The molecule has 88 valence electrons. The number of hydrogen-bond acceptors (Lipinski definition) is 5. The Morgan fingerprint density at radius 1 is 1.29 bits per heavy atom. The quantitative estimate of drug-likeness (QED) is 0.574. The maximum absolute atomic E-state index is 11.9. The lowest BCUT2D eigenvalue weighted by Crippen LogP contribution is -2.25. The average molecular weight is 234 g/mol. The second kappa shape index (κ2) is 4.37. The minimum absolute atomic E-state index is 0.104. The Bertz CT molecular complexity index is 492. The van der Waals surface area contributed by atoms with Gasteiger partial charge in [0.25, 0.3) is 6.47 Å². The summed E-state index contributed by atoms with van der Waals surface area (Å²) in [6.45, 7) is 2.27. The third-order valence-electron chi connectivity index (χ3n) is 2.51. The summed E-state index contributed by atoms with van der Waals surface area (Å²) in [5, 5.41) is 0. The average Bonchev–Trinajstić information content (AvgIpc) is 2.56. The lowest BCUT2D eigenvalue weighted by molar-refractivity contribution is -0.130. The predicted molar refractivity (Wildman–Crippen MR) is 57.2 cm³/mol. The van der Waals surface area contributed by atoms with E-state index < -0.39 is 17.7 Å². The molecule has 5 heteroatoms. The van der Waals surface area contributed by atoms with Gasteiger partial charge in [-0.2, -0.15) is 0 Å². The Kier molecular flexibility index (Phi) is 2.91. The summed E-state index contributed by atoms with van der Waals surface area (Å²) in [6.07, 6.45) is -1.36. The summed E-state index contributed by atoms with van der Waals surface area (Å²) in [7, 11) is 0. The first-order valence-corrected chi connectivity index (χ1v) is 5.14. The van der Waals surface area contributed by atoms with E-state index in [1.807, 2.05) is 0 Å². The van der Waals surface area contributed by atoms with Gasteiger partial charge in [0.1, 0.15) is 5.75 Å². The van der Waals surface area contributed by atoms with Crippen molar-refractivity contribution in [1.29, 1.82) is 0 Å². The zero-order chi connectivity index (χ0) is 12.4. The highest BCUT2D eigenvalue weighted by molar-refractivity contribution is 6.30. The number of ketones is 2. The van der Waals surface area contributed by atoms with Gasteiger partial charge >= 0.3 is 0 Å². The van der Waals surface area contributed by atoms with Crippen molar-refractivity contribution in [3.63, 3.8) is 0 Å². The van der Waals surface area contributed by atoms with Crippen LogP contribution in [0.25, 0.3) is 0 Å². The number of ether oxygens (including phenoxy) is 2. The van der Waals surface area contributed by atoms with Crippen LogP contribution < -0.4 is 4.74 Å². The Morgan fingerprint density at radius 3 is 2.71 bits per heavy atom. The van der Waals surface area contributed by atoms with Crippen LogP contribution in [0.5, 0.6) is 5.75 Å². The highest BCUT2D eigenvalue weighted by Crippen LogP contribution is 2.31. The number of fused-ring (bicyclic) bond motifs is 1. The summed E-state index contributed by atoms with van der Waals surface area (Å²) < 4.78 is 9.78. The lowest BCUT2D eigenvalue weighted by Gasteiger charge is -2.06. The van der Waals surface area contributed by atoms with Crippen LogP contribution in [0.15, 0.2) is 18.2 Å². The normalized spacial score (nSPS) is 17.8. The molecule has 1 aromatic rings. The van der Waals surface area contributed by atoms with E-state index in [1.165, 1.54) is 6.07 Å². The van der Waals surface area contributed by atoms with E-state index in [2.05, 4.69) is 4.74 Å². The standard InChI is InChI=1S/C12H10O5/c1-2-16-8-5-3-4-7-9(8)11(15)12(10(7)14)17-6-13/h3-6,12H,2H2,1H3. The van der Waals surface area contributed by atoms with Gasteiger partial charge in [0.2, 0.25) is 17.7 Å². The molecule has 1 aliphatic carbocycles. The van der Waals surface area contributed by atoms with Crippen molar-refractivity contribution < 1.29 is 23.9 Å². The molecule has 0 heterocycles. The van der Waals surface area contributed by atoms with Crippen LogP contribution in [0.2, 0.25) is 0 Å². The fraction of sp³-hybridized carbons (Fsp3) is 0.250. The van der Waals surface area contributed by atoms with Gasteiger partial charge in [-0.3, -0.25) is 14.4 Å². The van der Waals surface area contributed by atoms with Crippen molar-refractivity contribution in [3.8, 4) is 5.75 Å². The van der Waals surface area contributed by atoms with Crippen LogP contribution >= 0.6 is 0 Å². The zero-order valence-corrected chi connectivity index (χ0v) is 9.14. The first kappa shape index (κ1) is 11.3. The fourth-order valence-corrected chi connectivity index (χ4v) is 1.84. The molecule has 1 aliphatic rings. The van der Waals surface area contributed by atoms with Crippen molar-refractivity contribution in [2.24, 2.45) is 0 Å². The van der Waals surface area contributed by atoms with Gasteiger partial charge in [-0.25, -0.2) is 0 Å². The molecule has 0 radical (unpaired) electrons. The summed E-state index contributed by atoms with van der Waals surface area (Å²) in [5.41, 5.74) is 0.444. The minimum Gasteiger partial charge on any atom is -0.493 e. The predicted octanol–water partition coefficient (Wildman–Crippen LogP) is 1.01. The largest absolute Gasteiger partial charge is 0.493 e. The first-order chi connectivity index (χ1) is 8.20. The molecule has 2 rings (SSSR count). The number of rotatable bonds is 4. The third-order valence-corrected chi connectivity index (χ3v) is 2.51. The van der Waals surface area contributed by atoms with Crippen molar-refractivity contribution in [3.05, 3.63) is 29.3 Å². The van der Waals surface area contributed by atoms with E-state index in [4.69, 9.17) is 4.74 Å². The summed E-state index contributed by atoms with van der Waals surface area (Å²) in [6, 6.07) is 4.75. The molecule has 0 bridgehead atoms. The molecule has 0 aliphatic heterocycles. The van der Waals surface area contributed by atoms with Crippen molar-refractivity contribution in [2.45, 2.75) is 13.0 Å². The number of Topliss-reactive ketones (excluding diaryl/α,β-unsaturated/α-hetero) is 2. The third kappa shape index (κ3) is 1.69. The van der Waals surface area contributed by atoms with Crippen LogP contribution in [0.1, 0.15) is 27.6 Å². The van der Waals surface area contributed by atoms with Gasteiger partial charge in [-0.05, 0) is 13.0 Å². The number of benzene rings is 1. The molecule has 0 saturated heterocycles. The Morgan fingerprint density at radius 2 is 2.06 bits per heavy atom. The van der Waals surface area contributed by atoms with Gasteiger partial charge in [-0.1, -0.05) is 12.1 Å². The summed E-state index contributed by atoms with van der Waals surface area (Å²) in [4.78, 5) is 34.0. The summed E-state index contributed by atoms with van der Waals surface area (Å²) >= 11 is 0. The molecule has 0 spiro atoms. The number of carbonyl (C=O) groups excluding carboxylic acids is 3. The number of hydrogen-bond donors (Lipinski definition) is 0.